The molecule has 0 fully saturated rings. The quantitative estimate of drug-likeness (QED) is 0.155. The number of fused-ring (bicyclic) bond motifs is 30. The first-order valence-electron chi connectivity index (χ1n) is 41.9. The molecule has 2 heterocycles. The van der Waals surface area contributed by atoms with Crippen LogP contribution in [-0.2, 0) is 0 Å². The van der Waals surface area contributed by atoms with Crippen LogP contribution in [0.25, 0.3) is 305 Å². The van der Waals surface area contributed by atoms with Crippen molar-refractivity contribution in [2.75, 3.05) is 0 Å². The molecular formula is C118H62O2. The van der Waals surface area contributed by atoms with Crippen LogP contribution in [0.3, 0.4) is 0 Å². The molecule has 29 aromatic rings. The van der Waals surface area contributed by atoms with Crippen molar-refractivity contribution >= 4 is 238 Å². The Kier molecular flexibility index (Phi) is 12.2. The van der Waals surface area contributed by atoms with Gasteiger partial charge in [0.2, 0.25) is 0 Å². The second-order valence-electron chi connectivity index (χ2n) is 33.6. The summed E-state index contributed by atoms with van der Waals surface area (Å²) < 4.78 is 14.6. The van der Waals surface area contributed by atoms with E-state index in [1.54, 1.807) is 0 Å². The lowest BCUT2D eigenvalue weighted by Crippen LogP contribution is -1.92. The Morgan fingerprint density at radius 2 is 0.500 bits per heavy atom. The van der Waals surface area contributed by atoms with Crippen LogP contribution in [0.5, 0.6) is 0 Å². The molecule has 0 aliphatic carbocycles. The monoisotopic (exact) mass is 1510 g/mol. The molecule has 0 spiro atoms. The molecule has 0 bridgehead atoms. The van der Waals surface area contributed by atoms with Gasteiger partial charge in [-0.3, -0.25) is 0 Å². The Balaban J connectivity index is 0.728. The second-order valence-corrected chi connectivity index (χ2v) is 33.6. The number of furan rings is 2. The summed E-state index contributed by atoms with van der Waals surface area (Å²) in [6.07, 6.45) is 0. The number of benzene rings is 23. The Morgan fingerprint density at radius 3 is 1.12 bits per heavy atom. The molecule has 0 N–H and O–H groups in total. The fourth-order valence-electron chi connectivity index (χ4n) is 23.3. The van der Waals surface area contributed by atoms with Gasteiger partial charge in [0.15, 0.2) is 0 Å². The molecule has 0 aliphatic heterocycles. The summed E-state index contributed by atoms with van der Waals surface area (Å²) >= 11 is 0. The first-order chi connectivity index (χ1) is 59.6. The molecule has 0 saturated carbocycles. The maximum atomic E-state index is 7.30. The molecule has 0 amide bonds. The van der Waals surface area contributed by atoms with Crippen LogP contribution in [0.2, 0.25) is 0 Å². The van der Waals surface area contributed by atoms with Gasteiger partial charge in [0.1, 0.15) is 22.3 Å². The molecule has 0 saturated heterocycles. The molecule has 0 atom stereocenters. The fraction of sp³-hybridized carbons (Fsp3) is 0. The first-order valence-corrected chi connectivity index (χ1v) is 41.9. The van der Waals surface area contributed by atoms with Gasteiger partial charge in [-0.2, -0.15) is 0 Å². The number of rotatable bonds is 6. The standard InChI is InChI=1S/C118H62O2/c1-4-24-63(25-5-1)67-54-56-73-78-37-18-44-85-105(78)93(91(73)58-67)62-96-102(65-27-6-2-7-28-65)115-94-60-69-55-57-72-71(34-16-35-76(72)101(69)83-42-22-46-87(108(83)94)112(115)103(109(85)96)66-29-8-3-9-30-66)77-36-17-38-79-92-61-97-110(86-45-23-43-84(104(77)79)106(86)92)114(90-49-20-40-81-75-33-13-15-51-99(75)120-118(81)90)113-88-47-21-41-82-100-68(53-52-64-26-10-11-31-70(64)100)59-95(107(82)88)116(113)111(97)89-48-19-39-80-74-32-12-14-50-98(74)119-117(80)89/h1-62H. The molecule has 2 aromatic heterocycles. The highest BCUT2D eigenvalue weighted by molar-refractivity contribution is 6.51. The highest BCUT2D eigenvalue weighted by atomic mass is 16.3. The lowest BCUT2D eigenvalue weighted by Gasteiger charge is -2.19. The van der Waals surface area contributed by atoms with E-state index in [1.807, 2.05) is 0 Å². The summed E-state index contributed by atoms with van der Waals surface area (Å²) in [7, 11) is 0. The van der Waals surface area contributed by atoms with Gasteiger partial charge < -0.3 is 8.83 Å². The summed E-state index contributed by atoms with van der Waals surface area (Å²) in [4.78, 5) is 0. The lowest BCUT2D eigenvalue weighted by molar-refractivity contribution is 0.669. The number of hydrogen-bond donors (Lipinski definition) is 0. The van der Waals surface area contributed by atoms with Crippen molar-refractivity contribution in [2.24, 2.45) is 0 Å². The Labute approximate surface area is 684 Å². The van der Waals surface area contributed by atoms with Gasteiger partial charge in [-0.25, -0.2) is 0 Å². The van der Waals surface area contributed by atoms with E-state index in [-0.39, 0.29) is 0 Å². The van der Waals surface area contributed by atoms with Gasteiger partial charge in [-0.05, 0) is 281 Å². The average molecular weight is 1510 g/mol. The minimum absolute atomic E-state index is 0.871. The Bertz CT molecular complexity index is 9650. The predicted octanol–water partition coefficient (Wildman–Crippen LogP) is 34.0. The predicted molar refractivity (Wildman–Crippen MR) is 513 cm³/mol. The molecule has 546 valence electrons. The highest BCUT2D eigenvalue weighted by Gasteiger charge is 2.33. The molecule has 0 unspecified atom stereocenters. The topological polar surface area (TPSA) is 26.3 Å². The molecule has 0 radical (unpaired) electrons. The molecule has 2 nitrogen and oxygen atoms in total. The van der Waals surface area contributed by atoms with Crippen LogP contribution < -0.4 is 0 Å². The van der Waals surface area contributed by atoms with E-state index in [9.17, 15) is 0 Å². The van der Waals surface area contributed by atoms with Gasteiger partial charge in [0.25, 0.3) is 0 Å². The Hall–Kier alpha value is -15.7. The van der Waals surface area contributed by atoms with E-state index >= 15 is 0 Å². The molecule has 29 rings (SSSR count). The highest BCUT2D eigenvalue weighted by Crippen LogP contribution is 2.61. The molecule has 0 aliphatic rings. The van der Waals surface area contributed by atoms with E-state index in [2.05, 4.69) is 376 Å². The second kappa shape index (κ2) is 23.1. The van der Waals surface area contributed by atoms with E-state index < -0.39 is 0 Å². The normalized spacial score (nSPS) is 12.7. The molecule has 2 heteroatoms. The van der Waals surface area contributed by atoms with Crippen LogP contribution in [0.4, 0.5) is 0 Å². The van der Waals surface area contributed by atoms with Crippen molar-refractivity contribution in [1.29, 1.82) is 0 Å². The van der Waals surface area contributed by atoms with Gasteiger partial charge in [0, 0.05) is 43.8 Å². The summed E-state index contributed by atoms with van der Waals surface area (Å²) in [5, 5.41) is 49.4. The van der Waals surface area contributed by atoms with Crippen LogP contribution in [0.1, 0.15) is 0 Å². The summed E-state index contributed by atoms with van der Waals surface area (Å²) in [6, 6.07) is 143. The zero-order chi connectivity index (χ0) is 77.6. The van der Waals surface area contributed by atoms with Crippen LogP contribution in [0.15, 0.2) is 385 Å². The van der Waals surface area contributed by atoms with E-state index in [4.69, 9.17) is 8.83 Å². The van der Waals surface area contributed by atoms with Crippen molar-refractivity contribution in [2.45, 2.75) is 0 Å². The van der Waals surface area contributed by atoms with E-state index in [0.29, 0.717) is 0 Å². The van der Waals surface area contributed by atoms with Crippen molar-refractivity contribution in [3.8, 4) is 66.8 Å². The van der Waals surface area contributed by atoms with Crippen LogP contribution in [-0.4, -0.2) is 0 Å². The minimum atomic E-state index is 0.871. The lowest BCUT2D eigenvalue weighted by atomic mass is 9.83. The largest absolute Gasteiger partial charge is 0.455 e. The smallest absolute Gasteiger partial charge is 0.143 e. The van der Waals surface area contributed by atoms with Gasteiger partial charge in [-0.1, -0.05) is 334 Å². The van der Waals surface area contributed by atoms with Crippen LogP contribution >= 0.6 is 0 Å². The number of hydrogen-bond acceptors (Lipinski definition) is 2. The third-order valence-electron chi connectivity index (χ3n) is 27.9. The third-order valence-corrected chi connectivity index (χ3v) is 27.9. The minimum Gasteiger partial charge on any atom is -0.455 e. The summed E-state index contributed by atoms with van der Waals surface area (Å²) in [5.74, 6) is 0. The van der Waals surface area contributed by atoms with E-state index in [0.717, 1.165) is 66.0 Å². The first kappa shape index (κ1) is 63.6. The molecule has 120 heavy (non-hydrogen) atoms. The maximum absolute atomic E-state index is 7.30. The van der Waals surface area contributed by atoms with Crippen molar-refractivity contribution in [3.05, 3.63) is 376 Å². The number of para-hydroxylation sites is 4. The van der Waals surface area contributed by atoms with Crippen molar-refractivity contribution < 1.29 is 8.83 Å². The zero-order valence-electron chi connectivity index (χ0n) is 64.6. The van der Waals surface area contributed by atoms with Crippen molar-refractivity contribution in [1.82, 2.24) is 0 Å². The maximum Gasteiger partial charge on any atom is 0.143 e. The fourth-order valence-corrected chi connectivity index (χ4v) is 23.3. The molecule has 27 aromatic carbocycles. The van der Waals surface area contributed by atoms with Gasteiger partial charge >= 0.3 is 0 Å². The summed E-state index contributed by atoms with van der Waals surface area (Å²) in [5.41, 5.74) is 17.8. The SMILES string of the molecule is c1ccc(-c2ccc3c(c2)c2cc4c(-c5ccccc5)c5c6cc7ccc8c(-c9cccc%10c%11cc%12c(-c%13cccc%14c%13oc%13ccccc%13%14)c%13c%14cc%15ccc%16ccccc%16c%15c%15cccc(c%13c(-c%13cccc%16c%13oc%13ccccc%13%16)c%12c%12cccc(c9%10)c%11%12)c%14%15)cccc8c7c7cccc(c5c(-c5ccccc5)c4c4cccc3c24)c67)cc1. The molecular weight excluding hydrogens is 1450 g/mol. The van der Waals surface area contributed by atoms with E-state index in [1.165, 1.54) is 239 Å². The van der Waals surface area contributed by atoms with Crippen molar-refractivity contribution in [3.63, 3.8) is 0 Å². The third kappa shape index (κ3) is 8.08. The van der Waals surface area contributed by atoms with Crippen LogP contribution in [0, 0.1) is 0 Å². The summed E-state index contributed by atoms with van der Waals surface area (Å²) in [6.45, 7) is 0. The average Bonchev–Trinajstić information content (AvgIpc) is 1.51. The Morgan fingerprint density at radius 1 is 0.125 bits per heavy atom. The zero-order valence-corrected chi connectivity index (χ0v) is 64.6. The van der Waals surface area contributed by atoms with Gasteiger partial charge in [-0.15, -0.1) is 0 Å². The van der Waals surface area contributed by atoms with Gasteiger partial charge in [0.05, 0.1) is 0 Å².